The van der Waals surface area contributed by atoms with Gasteiger partial charge in [0, 0.05) is 24.3 Å². The molecule has 0 radical (unpaired) electrons. The molecule has 3 aromatic carbocycles. The first-order chi connectivity index (χ1) is 17.7. The van der Waals surface area contributed by atoms with Crippen molar-refractivity contribution < 1.29 is 28.9 Å². The van der Waals surface area contributed by atoms with Gasteiger partial charge in [0.05, 0.1) is 31.1 Å². The maximum absolute atomic E-state index is 12.4. The SMILES string of the molecule is COc1cc(/C=C2\N=C(c3ccc([N+](=O)[O-])cc3Cl)OC2=O)cc(I)c1OCc1ccc([N+](=O)[O-])cc1. The molecule has 13 heteroatoms. The Morgan fingerprint density at radius 2 is 1.73 bits per heavy atom. The molecule has 11 nitrogen and oxygen atoms in total. The van der Waals surface area contributed by atoms with E-state index in [-0.39, 0.29) is 40.2 Å². The first-order valence-corrected chi connectivity index (χ1v) is 11.8. The van der Waals surface area contributed by atoms with Crippen LogP contribution in [0.25, 0.3) is 6.08 Å². The van der Waals surface area contributed by atoms with Crippen molar-refractivity contribution in [2.24, 2.45) is 4.99 Å². The van der Waals surface area contributed by atoms with Crippen LogP contribution in [-0.4, -0.2) is 28.8 Å². The Balaban J connectivity index is 1.57. The van der Waals surface area contributed by atoms with Crippen LogP contribution < -0.4 is 9.47 Å². The standard InChI is InChI=1S/C24H15ClIN3O8/c1-35-21-10-14(8-19(26)22(21)36-12-13-2-4-15(5-3-13)28(31)32)9-20-24(30)37-23(27-20)17-7-6-16(29(33)34)11-18(17)25/h2-11H,12H2,1H3/b20-9-. The molecule has 1 aliphatic heterocycles. The number of nitro benzene ring substituents is 2. The molecule has 0 spiro atoms. The van der Waals surface area contributed by atoms with Crippen LogP contribution >= 0.6 is 34.2 Å². The van der Waals surface area contributed by atoms with Crippen molar-refractivity contribution in [1.82, 2.24) is 0 Å². The number of benzene rings is 3. The zero-order valence-corrected chi connectivity index (χ0v) is 21.8. The number of carbonyl (C=O) groups is 1. The fraction of sp³-hybridized carbons (Fsp3) is 0.0833. The highest BCUT2D eigenvalue weighted by molar-refractivity contribution is 14.1. The van der Waals surface area contributed by atoms with Gasteiger partial charge in [-0.05, 0) is 70.1 Å². The summed E-state index contributed by atoms with van der Waals surface area (Å²) in [5.74, 6) is 0.0758. The average Bonchev–Trinajstić information content (AvgIpc) is 3.22. The minimum atomic E-state index is -0.711. The third-order valence-corrected chi connectivity index (χ3v) is 6.21. The van der Waals surface area contributed by atoms with E-state index in [4.69, 9.17) is 25.8 Å². The molecule has 4 rings (SSSR count). The van der Waals surface area contributed by atoms with Crippen LogP contribution in [0.15, 0.2) is 65.3 Å². The maximum Gasteiger partial charge on any atom is 0.363 e. The van der Waals surface area contributed by atoms with Crippen LogP contribution in [0.2, 0.25) is 5.02 Å². The average molecular weight is 636 g/mol. The van der Waals surface area contributed by atoms with Gasteiger partial charge in [0.25, 0.3) is 11.4 Å². The largest absolute Gasteiger partial charge is 0.493 e. The van der Waals surface area contributed by atoms with Crippen molar-refractivity contribution in [3.05, 3.63) is 106 Å². The Morgan fingerprint density at radius 1 is 1.05 bits per heavy atom. The number of carbonyl (C=O) groups excluding carboxylic acids is 1. The second-order valence-corrected chi connectivity index (χ2v) is 9.07. The quantitative estimate of drug-likeness (QED) is 0.101. The van der Waals surface area contributed by atoms with Gasteiger partial charge >= 0.3 is 5.97 Å². The number of esters is 1. The number of rotatable bonds is 8. The zero-order chi connectivity index (χ0) is 26.7. The van der Waals surface area contributed by atoms with Crippen molar-refractivity contribution in [3.8, 4) is 11.5 Å². The Kier molecular flexibility index (Phi) is 7.69. The van der Waals surface area contributed by atoms with Crippen molar-refractivity contribution in [2.45, 2.75) is 6.61 Å². The first-order valence-electron chi connectivity index (χ1n) is 10.4. The van der Waals surface area contributed by atoms with Crippen LogP contribution in [-0.2, 0) is 16.1 Å². The van der Waals surface area contributed by atoms with Crippen molar-refractivity contribution in [2.75, 3.05) is 7.11 Å². The summed E-state index contributed by atoms with van der Waals surface area (Å²) in [5, 5.41) is 21.8. The lowest BCUT2D eigenvalue weighted by molar-refractivity contribution is -0.385. The van der Waals surface area contributed by atoms with Crippen molar-refractivity contribution in [3.63, 3.8) is 0 Å². The van der Waals surface area contributed by atoms with E-state index < -0.39 is 15.8 Å². The normalized spacial score (nSPS) is 13.8. The summed E-state index contributed by atoms with van der Waals surface area (Å²) in [6, 6.07) is 13.2. The summed E-state index contributed by atoms with van der Waals surface area (Å²) >= 11 is 8.19. The van der Waals surface area contributed by atoms with E-state index >= 15 is 0 Å². The number of nitro groups is 2. The molecule has 0 unspecified atom stereocenters. The number of methoxy groups -OCH3 is 1. The lowest BCUT2D eigenvalue weighted by Gasteiger charge is -2.13. The second-order valence-electron chi connectivity index (χ2n) is 7.50. The van der Waals surface area contributed by atoms with Gasteiger partial charge in [-0.2, -0.15) is 0 Å². The van der Waals surface area contributed by atoms with E-state index in [0.717, 1.165) is 11.6 Å². The molecule has 0 bridgehead atoms. The van der Waals surface area contributed by atoms with Crippen LogP contribution in [0, 0.1) is 23.8 Å². The molecule has 0 atom stereocenters. The minimum absolute atomic E-state index is 0.00169. The number of hydrogen-bond acceptors (Lipinski definition) is 9. The molecule has 1 aliphatic rings. The molecular weight excluding hydrogens is 621 g/mol. The topological polar surface area (TPSA) is 143 Å². The van der Waals surface area contributed by atoms with Crippen LogP contribution in [0.1, 0.15) is 16.7 Å². The molecule has 188 valence electrons. The van der Waals surface area contributed by atoms with Gasteiger partial charge in [-0.15, -0.1) is 0 Å². The lowest BCUT2D eigenvalue weighted by Crippen LogP contribution is -2.06. The summed E-state index contributed by atoms with van der Waals surface area (Å²) in [7, 11) is 1.47. The molecule has 0 amide bonds. The fourth-order valence-electron chi connectivity index (χ4n) is 3.31. The molecule has 37 heavy (non-hydrogen) atoms. The maximum atomic E-state index is 12.4. The van der Waals surface area contributed by atoms with Crippen LogP contribution in [0.5, 0.6) is 11.5 Å². The highest BCUT2D eigenvalue weighted by atomic mass is 127. The van der Waals surface area contributed by atoms with Crippen LogP contribution in [0.4, 0.5) is 11.4 Å². The van der Waals surface area contributed by atoms with Gasteiger partial charge in [-0.3, -0.25) is 20.2 Å². The first kappa shape index (κ1) is 26.0. The number of non-ortho nitro benzene ring substituents is 2. The minimum Gasteiger partial charge on any atom is -0.493 e. The summed E-state index contributed by atoms with van der Waals surface area (Å²) in [5.41, 5.74) is 1.34. The predicted octanol–water partition coefficient (Wildman–Crippen LogP) is 5.69. The van der Waals surface area contributed by atoms with Gasteiger partial charge in [0.15, 0.2) is 17.2 Å². The monoisotopic (exact) mass is 635 g/mol. The number of hydrogen-bond donors (Lipinski definition) is 0. The summed E-state index contributed by atoms with van der Waals surface area (Å²) in [6.07, 6.45) is 1.50. The number of cyclic esters (lactones) is 1. The van der Waals surface area contributed by atoms with Gasteiger partial charge in [-0.25, -0.2) is 9.79 Å². The number of aliphatic imine (C=N–C) groups is 1. The highest BCUT2D eigenvalue weighted by Gasteiger charge is 2.27. The van der Waals surface area contributed by atoms with E-state index in [0.29, 0.717) is 20.6 Å². The zero-order valence-electron chi connectivity index (χ0n) is 18.8. The summed E-state index contributed by atoms with van der Waals surface area (Å²) in [6.45, 7) is 0.154. The number of halogens is 2. The highest BCUT2D eigenvalue weighted by Crippen LogP contribution is 2.36. The summed E-state index contributed by atoms with van der Waals surface area (Å²) < 4.78 is 17.3. The smallest absolute Gasteiger partial charge is 0.363 e. The van der Waals surface area contributed by atoms with E-state index in [9.17, 15) is 25.0 Å². The van der Waals surface area contributed by atoms with E-state index in [1.165, 1.54) is 37.5 Å². The van der Waals surface area contributed by atoms with E-state index in [2.05, 4.69) is 27.6 Å². The van der Waals surface area contributed by atoms with Gasteiger partial charge in [0.1, 0.15) is 6.61 Å². The van der Waals surface area contributed by atoms with Crippen molar-refractivity contribution in [1.29, 1.82) is 0 Å². The van der Waals surface area contributed by atoms with Gasteiger partial charge in [-0.1, -0.05) is 11.6 Å². The molecule has 3 aromatic rings. The Labute approximate surface area is 227 Å². The predicted molar refractivity (Wildman–Crippen MR) is 142 cm³/mol. The fourth-order valence-corrected chi connectivity index (χ4v) is 4.34. The lowest BCUT2D eigenvalue weighted by atomic mass is 10.1. The molecular formula is C24H15ClIN3O8. The van der Waals surface area contributed by atoms with E-state index in [1.807, 2.05) is 0 Å². The third kappa shape index (κ3) is 5.86. The molecule has 0 aliphatic carbocycles. The van der Waals surface area contributed by atoms with Gasteiger partial charge < -0.3 is 14.2 Å². The van der Waals surface area contributed by atoms with Crippen molar-refractivity contribution >= 4 is 63.5 Å². The Morgan fingerprint density at radius 3 is 2.35 bits per heavy atom. The van der Waals surface area contributed by atoms with Crippen LogP contribution in [0.3, 0.4) is 0 Å². The molecule has 0 saturated heterocycles. The molecule has 0 aromatic heterocycles. The third-order valence-electron chi connectivity index (χ3n) is 5.10. The Bertz CT molecular complexity index is 1490. The van der Waals surface area contributed by atoms with E-state index in [1.54, 1.807) is 24.3 Å². The second kappa shape index (κ2) is 10.9. The molecule has 0 N–H and O–H groups in total. The Hall–Kier alpha value is -4.04. The number of ether oxygens (including phenoxy) is 3. The molecule has 1 heterocycles. The summed E-state index contributed by atoms with van der Waals surface area (Å²) in [4.78, 5) is 37.3. The van der Waals surface area contributed by atoms with Gasteiger partial charge in [0.2, 0.25) is 5.90 Å². The number of nitrogens with zero attached hydrogens (tertiary/aromatic N) is 3. The molecule has 0 saturated carbocycles. The molecule has 0 fully saturated rings.